The third-order valence-corrected chi connectivity index (χ3v) is 5.59. The number of rotatable bonds is 11. The van der Waals surface area contributed by atoms with Crippen LogP contribution in [0.2, 0.25) is 0 Å². The first-order valence-corrected chi connectivity index (χ1v) is 12.1. The van der Waals surface area contributed by atoms with Gasteiger partial charge in [-0.2, -0.15) is 13.2 Å². The maximum absolute atomic E-state index is 13.1. The summed E-state index contributed by atoms with van der Waals surface area (Å²) in [6, 6.07) is 7.25. The first kappa shape index (κ1) is 31.2. The average molecular weight is 519 g/mol. The number of ether oxygens (including phenoxy) is 1. The van der Waals surface area contributed by atoms with Crippen molar-refractivity contribution in [3.63, 3.8) is 0 Å². The summed E-state index contributed by atoms with van der Waals surface area (Å²) < 4.78 is 37.2. The number of alkyl halides is 3. The summed E-state index contributed by atoms with van der Waals surface area (Å²) in [7, 11) is 0. The van der Waals surface area contributed by atoms with Gasteiger partial charge in [-0.1, -0.05) is 13.8 Å². The van der Waals surface area contributed by atoms with Gasteiger partial charge in [-0.3, -0.25) is 9.59 Å². The number of hydrogen-bond acceptors (Lipinski definition) is 6. The van der Waals surface area contributed by atoms with Gasteiger partial charge in [0.1, 0.15) is 5.75 Å². The predicted molar refractivity (Wildman–Crippen MR) is 129 cm³/mol. The lowest BCUT2D eigenvalue weighted by molar-refractivity contribution is -0.192. The molecule has 0 spiro atoms. The van der Waals surface area contributed by atoms with Crippen molar-refractivity contribution in [3.05, 3.63) is 29.8 Å². The van der Waals surface area contributed by atoms with Crippen molar-refractivity contribution in [3.8, 4) is 5.75 Å². The standard InChI is InChI=1S/C22H36N4O3.C2HF3O2/c1-4-24(5-2)17-18-26(14-11-21(27)25-15-12-23-13-16-25)22(28)19-7-9-20(10-8-19)29-6-3;3-2(4,5)1(6)7/h7-10,23H,4-6,11-18H2,1-3H3;(H,6,7). The Hall–Kier alpha value is -2.86. The summed E-state index contributed by atoms with van der Waals surface area (Å²) in [5.74, 6) is -1.91. The Labute approximate surface area is 210 Å². The summed E-state index contributed by atoms with van der Waals surface area (Å²) in [6.45, 7) is 13.7. The van der Waals surface area contributed by atoms with Crippen molar-refractivity contribution in [2.24, 2.45) is 0 Å². The Bertz CT molecular complexity index is 811. The quantitative estimate of drug-likeness (QED) is 0.464. The summed E-state index contributed by atoms with van der Waals surface area (Å²) in [6.07, 6.45) is -4.72. The van der Waals surface area contributed by atoms with Crippen LogP contribution in [0.15, 0.2) is 24.3 Å². The lowest BCUT2D eigenvalue weighted by Crippen LogP contribution is -2.47. The molecule has 0 aromatic heterocycles. The minimum atomic E-state index is -5.08. The Morgan fingerprint density at radius 1 is 1.00 bits per heavy atom. The molecule has 0 bridgehead atoms. The molecule has 2 rings (SSSR count). The Morgan fingerprint density at radius 3 is 2.03 bits per heavy atom. The zero-order valence-corrected chi connectivity index (χ0v) is 21.1. The van der Waals surface area contributed by atoms with E-state index in [1.54, 1.807) is 12.1 Å². The van der Waals surface area contributed by atoms with Crippen molar-refractivity contribution in [1.82, 2.24) is 20.0 Å². The highest BCUT2D eigenvalue weighted by molar-refractivity contribution is 5.94. The number of aliphatic carboxylic acids is 1. The van der Waals surface area contributed by atoms with E-state index in [4.69, 9.17) is 14.6 Å². The van der Waals surface area contributed by atoms with E-state index in [2.05, 4.69) is 24.1 Å². The van der Waals surface area contributed by atoms with E-state index < -0.39 is 12.1 Å². The first-order valence-electron chi connectivity index (χ1n) is 12.1. The number of carbonyl (C=O) groups is 3. The number of halogens is 3. The van der Waals surface area contributed by atoms with Gasteiger partial charge in [-0.25, -0.2) is 4.79 Å². The molecule has 1 aliphatic heterocycles. The zero-order valence-electron chi connectivity index (χ0n) is 21.1. The molecule has 0 aliphatic carbocycles. The number of carbonyl (C=O) groups excluding carboxylic acids is 2. The summed E-state index contributed by atoms with van der Waals surface area (Å²) in [5, 5.41) is 10.4. The molecule has 1 saturated heterocycles. The fourth-order valence-electron chi connectivity index (χ4n) is 3.46. The minimum absolute atomic E-state index is 0.0340. The molecule has 0 unspecified atom stereocenters. The molecule has 0 atom stereocenters. The molecule has 204 valence electrons. The molecule has 36 heavy (non-hydrogen) atoms. The fourth-order valence-corrected chi connectivity index (χ4v) is 3.46. The van der Waals surface area contributed by atoms with Crippen LogP contribution in [-0.4, -0.2) is 109 Å². The lowest BCUT2D eigenvalue weighted by atomic mass is 10.1. The normalized spacial score (nSPS) is 13.6. The van der Waals surface area contributed by atoms with Crippen molar-refractivity contribution in [2.75, 3.05) is 65.5 Å². The third-order valence-electron chi connectivity index (χ3n) is 5.59. The number of piperazine rings is 1. The van der Waals surface area contributed by atoms with Crippen LogP contribution in [0.5, 0.6) is 5.75 Å². The van der Waals surface area contributed by atoms with Crippen LogP contribution in [0.3, 0.4) is 0 Å². The van der Waals surface area contributed by atoms with Crippen molar-refractivity contribution >= 4 is 17.8 Å². The van der Waals surface area contributed by atoms with Gasteiger partial charge in [-0.15, -0.1) is 0 Å². The summed E-state index contributed by atoms with van der Waals surface area (Å²) in [4.78, 5) is 40.6. The minimum Gasteiger partial charge on any atom is -0.494 e. The number of nitrogens with one attached hydrogen (secondary N) is 1. The van der Waals surface area contributed by atoms with E-state index in [-0.39, 0.29) is 11.8 Å². The van der Waals surface area contributed by atoms with E-state index in [1.165, 1.54) is 0 Å². The van der Waals surface area contributed by atoms with Gasteiger partial charge >= 0.3 is 12.1 Å². The van der Waals surface area contributed by atoms with E-state index in [1.807, 2.05) is 28.9 Å². The highest BCUT2D eigenvalue weighted by atomic mass is 19.4. The summed E-state index contributed by atoms with van der Waals surface area (Å²) in [5.41, 5.74) is 0.627. The van der Waals surface area contributed by atoms with Crippen LogP contribution in [0.25, 0.3) is 0 Å². The van der Waals surface area contributed by atoms with Crippen LogP contribution >= 0.6 is 0 Å². The average Bonchev–Trinajstić information content (AvgIpc) is 2.86. The van der Waals surface area contributed by atoms with Crippen molar-refractivity contribution in [2.45, 2.75) is 33.4 Å². The Balaban J connectivity index is 0.000000809. The Morgan fingerprint density at radius 2 is 1.56 bits per heavy atom. The van der Waals surface area contributed by atoms with Gasteiger partial charge in [0.05, 0.1) is 6.61 Å². The SMILES string of the molecule is CCOc1ccc(C(=O)N(CCC(=O)N2CCNCC2)CCN(CC)CC)cc1.O=C(O)C(F)(F)F. The predicted octanol–water partition coefficient (Wildman–Crippen LogP) is 2.32. The van der Waals surface area contributed by atoms with E-state index in [9.17, 15) is 22.8 Å². The number of benzene rings is 1. The monoisotopic (exact) mass is 518 g/mol. The second-order valence-corrected chi connectivity index (χ2v) is 7.96. The molecule has 1 fully saturated rings. The molecule has 1 aromatic carbocycles. The molecule has 0 radical (unpaired) electrons. The molecule has 0 saturated carbocycles. The molecule has 2 amide bonds. The third kappa shape index (κ3) is 11.3. The van der Waals surface area contributed by atoms with Crippen LogP contribution in [0, 0.1) is 0 Å². The number of carboxylic acids is 1. The summed E-state index contributed by atoms with van der Waals surface area (Å²) >= 11 is 0. The lowest BCUT2D eigenvalue weighted by Gasteiger charge is -2.30. The number of carboxylic acid groups (broad SMARTS) is 1. The highest BCUT2D eigenvalue weighted by Gasteiger charge is 2.38. The molecule has 1 aromatic rings. The van der Waals surface area contributed by atoms with Crippen LogP contribution < -0.4 is 10.1 Å². The molecule has 9 nitrogen and oxygen atoms in total. The Kier molecular flexibility index (Phi) is 13.9. The van der Waals surface area contributed by atoms with Gasteiger partial charge in [-0.05, 0) is 44.3 Å². The van der Waals surface area contributed by atoms with E-state index in [0.29, 0.717) is 31.7 Å². The molecular formula is C24H37F3N4O5. The highest BCUT2D eigenvalue weighted by Crippen LogP contribution is 2.15. The second-order valence-electron chi connectivity index (χ2n) is 7.96. The van der Waals surface area contributed by atoms with Gasteiger partial charge in [0.25, 0.3) is 5.91 Å². The maximum Gasteiger partial charge on any atom is 0.490 e. The van der Waals surface area contributed by atoms with Gasteiger partial charge in [0.15, 0.2) is 0 Å². The van der Waals surface area contributed by atoms with E-state index in [0.717, 1.165) is 51.6 Å². The largest absolute Gasteiger partial charge is 0.494 e. The van der Waals surface area contributed by atoms with Crippen molar-refractivity contribution in [1.29, 1.82) is 0 Å². The second kappa shape index (κ2) is 16.0. The van der Waals surface area contributed by atoms with Crippen LogP contribution in [0.1, 0.15) is 37.6 Å². The van der Waals surface area contributed by atoms with Crippen molar-refractivity contribution < 1.29 is 37.4 Å². The number of hydrogen-bond donors (Lipinski definition) is 2. The van der Waals surface area contributed by atoms with E-state index >= 15 is 0 Å². The number of likely N-dealkylation sites (N-methyl/N-ethyl adjacent to an activating group) is 1. The molecular weight excluding hydrogens is 481 g/mol. The maximum atomic E-state index is 13.1. The molecule has 1 aliphatic rings. The van der Waals surface area contributed by atoms with Crippen LogP contribution in [0.4, 0.5) is 13.2 Å². The molecule has 1 heterocycles. The first-order chi connectivity index (χ1) is 17.0. The number of nitrogens with zero attached hydrogens (tertiary/aromatic N) is 3. The molecule has 12 heteroatoms. The molecule has 2 N–H and O–H groups in total. The van der Waals surface area contributed by atoms with Gasteiger partial charge in [0.2, 0.25) is 5.91 Å². The van der Waals surface area contributed by atoms with Crippen LogP contribution in [-0.2, 0) is 9.59 Å². The zero-order chi connectivity index (χ0) is 27.1. The fraction of sp³-hybridized carbons (Fsp3) is 0.625. The van der Waals surface area contributed by atoms with Gasteiger partial charge < -0.3 is 29.9 Å². The van der Waals surface area contributed by atoms with Gasteiger partial charge in [0, 0.05) is 57.8 Å². The smallest absolute Gasteiger partial charge is 0.490 e. The number of amides is 2. The topological polar surface area (TPSA) is 102 Å².